The number of hydrogen-bond donors (Lipinski definition) is 5. The number of aromatic nitrogens is 2. The minimum absolute atomic E-state index is 0.0567. The molecule has 0 saturated carbocycles. The van der Waals surface area contributed by atoms with Crippen molar-refractivity contribution < 1.29 is 29.4 Å². The predicted octanol–water partition coefficient (Wildman–Crippen LogP) is 0.443. The van der Waals surface area contributed by atoms with E-state index in [2.05, 4.69) is 20.4 Å². The summed E-state index contributed by atoms with van der Waals surface area (Å²) in [7, 11) is 0. The summed E-state index contributed by atoms with van der Waals surface area (Å²) in [4.78, 5) is 48.2. The SMILES string of the molecule is NCCOCc1cnccc1SC1(C(=O)O)CS[C@@H]2[C@H](NC(=O)C(=NO)c3nc(N)sc3Cl)C(=O)N2C1. The maximum atomic E-state index is 12.9. The van der Waals surface area contributed by atoms with E-state index in [0.717, 1.165) is 23.1 Å². The van der Waals surface area contributed by atoms with Gasteiger partial charge in [-0.05, 0) is 6.07 Å². The van der Waals surface area contributed by atoms with E-state index in [0.29, 0.717) is 23.6 Å². The summed E-state index contributed by atoms with van der Waals surface area (Å²) in [6, 6.07) is 0.766. The van der Waals surface area contributed by atoms with Crippen molar-refractivity contribution in [2.45, 2.75) is 27.7 Å². The lowest BCUT2D eigenvalue weighted by Crippen LogP contribution is -2.74. The lowest BCUT2D eigenvalue weighted by Gasteiger charge is -2.53. The van der Waals surface area contributed by atoms with Gasteiger partial charge < -0.3 is 36.7 Å². The molecule has 0 radical (unpaired) electrons. The van der Waals surface area contributed by atoms with Crippen LogP contribution in [-0.4, -0.2) is 90.3 Å². The van der Waals surface area contributed by atoms with Crippen molar-refractivity contribution in [3.63, 3.8) is 0 Å². The topological polar surface area (TPSA) is 206 Å². The second-order valence-corrected chi connectivity index (χ2v) is 12.1. The average Bonchev–Trinajstić information content (AvgIpc) is 3.21. The molecule has 2 aromatic heterocycles. The number of nitrogens with zero attached hydrogens (tertiary/aromatic N) is 4. The Bertz CT molecular complexity index is 1250. The van der Waals surface area contributed by atoms with Crippen LogP contribution >= 0.6 is 46.5 Å². The molecule has 0 spiro atoms. The van der Waals surface area contributed by atoms with Crippen LogP contribution in [0, 0.1) is 0 Å². The van der Waals surface area contributed by atoms with Crippen LogP contribution in [0.2, 0.25) is 4.34 Å². The molecule has 3 atom stereocenters. The van der Waals surface area contributed by atoms with Crippen molar-refractivity contribution >= 4 is 75.1 Å². The third-order valence-electron chi connectivity index (χ3n) is 5.56. The smallest absolute Gasteiger partial charge is 0.322 e. The summed E-state index contributed by atoms with van der Waals surface area (Å²) in [5, 5.41) is 24.6. The minimum Gasteiger partial charge on any atom is -0.480 e. The Morgan fingerprint density at radius 3 is 2.89 bits per heavy atom. The number of β-lactam (4-membered cyclic amide) rings is 1. The number of carboxylic acid groups (broad SMARTS) is 1. The Balaban J connectivity index is 1.46. The summed E-state index contributed by atoms with van der Waals surface area (Å²) >= 11 is 9.28. The molecule has 4 rings (SSSR count). The monoisotopic (exact) mass is 587 g/mol. The second-order valence-electron chi connectivity index (χ2n) is 7.97. The summed E-state index contributed by atoms with van der Waals surface area (Å²) in [5.74, 6) is -2.23. The molecule has 0 aliphatic carbocycles. The van der Waals surface area contributed by atoms with Crippen molar-refractivity contribution in [3.05, 3.63) is 34.1 Å². The van der Waals surface area contributed by atoms with Gasteiger partial charge in [-0.15, -0.1) is 23.5 Å². The number of anilines is 1. The highest BCUT2D eigenvalue weighted by atomic mass is 35.5. The highest BCUT2D eigenvalue weighted by molar-refractivity contribution is 8.05. The lowest BCUT2D eigenvalue weighted by atomic mass is 10.0. The number of nitrogens with two attached hydrogens (primary N) is 2. The van der Waals surface area contributed by atoms with Crippen molar-refractivity contribution in [2.24, 2.45) is 10.9 Å². The summed E-state index contributed by atoms with van der Waals surface area (Å²) in [6.07, 6.45) is 3.17. The van der Waals surface area contributed by atoms with Crippen LogP contribution in [-0.2, 0) is 25.7 Å². The van der Waals surface area contributed by atoms with Crippen LogP contribution < -0.4 is 16.8 Å². The van der Waals surface area contributed by atoms with Crippen LogP contribution in [0.3, 0.4) is 0 Å². The summed E-state index contributed by atoms with van der Waals surface area (Å²) in [6.45, 7) is 0.849. The zero-order valence-corrected chi connectivity index (χ0v) is 22.2. The van der Waals surface area contributed by atoms with Crippen LogP contribution in [0.25, 0.3) is 0 Å². The Morgan fingerprint density at radius 2 is 2.24 bits per heavy atom. The van der Waals surface area contributed by atoms with Gasteiger partial charge in [-0.3, -0.25) is 19.4 Å². The molecule has 198 valence electrons. The number of aliphatic carboxylic acids is 1. The zero-order chi connectivity index (χ0) is 26.7. The van der Waals surface area contributed by atoms with Gasteiger partial charge in [0.1, 0.15) is 26.2 Å². The molecule has 2 fully saturated rings. The van der Waals surface area contributed by atoms with Crippen molar-refractivity contribution in [2.75, 3.05) is 31.2 Å². The number of fused-ring (bicyclic) bond motifs is 1. The normalized spacial score (nSPS) is 23.4. The molecular weight excluding hydrogens is 566 g/mol. The number of thiazole rings is 1. The number of carboxylic acids is 1. The Hall–Kier alpha value is -2.63. The first kappa shape index (κ1) is 27.4. The van der Waals surface area contributed by atoms with Gasteiger partial charge in [-0.25, -0.2) is 4.98 Å². The van der Waals surface area contributed by atoms with Crippen LogP contribution in [0.4, 0.5) is 5.13 Å². The minimum atomic E-state index is -1.33. The molecule has 2 saturated heterocycles. The van der Waals surface area contributed by atoms with E-state index in [-0.39, 0.29) is 34.1 Å². The van der Waals surface area contributed by atoms with Crippen LogP contribution in [0.15, 0.2) is 28.5 Å². The van der Waals surface area contributed by atoms with Gasteiger partial charge >= 0.3 is 5.97 Å². The standard InChI is InChI=1S/C20H22ClN7O6S3/c21-14-11(26-19(23)36-14)12(27-33)15(29)25-13-16(30)28-7-20(18(31)32,8-35-17(13)28)37-10-1-3-24-5-9(10)6-34-4-2-22/h1,3,5,13,17,33H,2,4,6-8,22H2,(H2,23,26)(H,25,29)(H,31,32)/t13-,17-,20?/m1/s1. The number of oxime groups is 1. The van der Waals surface area contributed by atoms with E-state index in [1.807, 2.05) is 0 Å². The van der Waals surface area contributed by atoms with Gasteiger partial charge in [0.15, 0.2) is 10.8 Å². The number of pyridine rings is 1. The fourth-order valence-electron chi connectivity index (χ4n) is 3.76. The number of carbonyl (C=O) groups excluding carboxylic acids is 2. The maximum Gasteiger partial charge on any atom is 0.322 e. The quantitative estimate of drug-likeness (QED) is 0.0843. The number of rotatable bonds is 10. The van der Waals surface area contributed by atoms with Gasteiger partial charge in [-0.2, -0.15) is 0 Å². The number of thioether (sulfide) groups is 2. The Labute approximate surface area is 228 Å². The van der Waals surface area contributed by atoms with Crippen LogP contribution in [0.1, 0.15) is 11.3 Å². The molecule has 1 unspecified atom stereocenters. The lowest BCUT2D eigenvalue weighted by molar-refractivity contribution is -0.151. The predicted molar refractivity (Wildman–Crippen MR) is 139 cm³/mol. The number of amides is 2. The van der Waals surface area contributed by atoms with E-state index in [9.17, 15) is 24.7 Å². The van der Waals surface area contributed by atoms with Crippen molar-refractivity contribution in [1.29, 1.82) is 0 Å². The maximum absolute atomic E-state index is 12.9. The van der Waals surface area contributed by atoms with Gasteiger partial charge in [-0.1, -0.05) is 28.1 Å². The van der Waals surface area contributed by atoms with Gasteiger partial charge in [0.2, 0.25) is 5.91 Å². The molecule has 2 aliphatic heterocycles. The van der Waals surface area contributed by atoms with E-state index in [1.54, 1.807) is 18.5 Å². The van der Waals surface area contributed by atoms with E-state index >= 15 is 0 Å². The number of hydrogen-bond acceptors (Lipinski definition) is 13. The van der Waals surface area contributed by atoms with Gasteiger partial charge in [0, 0.05) is 41.7 Å². The fraction of sp³-hybridized carbons (Fsp3) is 0.400. The fourth-order valence-corrected chi connectivity index (χ4v) is 7.60. The van der Waals surface area contributed by atoms with E-state index in [1.165, 1.54) is 16.7 Å². The largest absolute Gasteiger partial charge is 0.480 e. The molecule has 37 heavy (non-hydrogen) atoms. The third-order valence-corrected chi connectivity index (χ3v) is 9.81. The molecule has 13 nitrogen and oxygen atoms in total. The first-order chi connectivity index (χ1) is 17.7. The van der Waals surface area contributed by atoms with Crippen molar-refractivity contribution in [1.82, 2.24) is 20.2 Å². The molecule has 2 aromatic rings. The van der Waals surface area contributed by atoms with E-state index < -0.39 is 39.7 Å². The molecule has 4 heterocycles. The number of carbonyl (C=O) groups is 3. The van der Waals surface area contributed by atoms with Crippen molar-refractivity contribution in [3.8, 4) is 0 Å². The Morgan fingerprint density at radius 1 is 1.46 bits per heavy atom. The van der Waals surface area contributed by atoms with E-state index in [4.69, 9.17) is 27.8 Å². The van der Waals surface area contributed by atoms with Gasteiger partial charge in [0.05, 0.1) is 13.2 Å². The summed E-state index contributed by atoms with van der Waals surface area (Å²) in [5.41, 5.74) is 11.2. The summed E-state index contributed by atoms with van der Waals surface area (Å²) < 4.78 is 4.22. The third kappa shape index (κ3) is 5.49. The molecule has 2 amide bonds. The molecule has 7 N–H and O–H groups in total. The molecular formula is C20H22ClN7O6S3. The average molecular weight is 588 g/mol. The first-order valence-corrected chi connectivity index (χ1v) is 13.8. The molecule has 0 aromatic carbocycles. The zero-order valence-electron chi connectivity index (χ0n) is 19.0. The number of halogens is 1. The Kier molecular flexibility index (Phi) is 8.45. The van der Waals surface area contributed by atoms with Crippen LogP contribution in [0.5, 0.6) is 0 Å². The highest BCUT2D eigenvalue weighted by Crippen LogP contribution is 2.47. The number of nitrogen functional groups attached to an aromatic ring is 1. The number of nitrogens with one attached hydrogen (secondary N) is 1. The molecule has 0 bridgehead atoms. The number of ether oxygens (including phenoxy) is 1. The first-order valence-electron chi connectivity index (χ1n) is 10.7. The molecule has 2 aliphatic rings. The highest BCUT2D eigenvalue weighted by Gasteiger charge is 2.58. The van der Waals surface area contributed by atoms with Gasteiger partial charge in [0.25, 0.3) is 5.91 Å². The second kappa shape index (κ2) is 11.4. The molecule has 17 heteroatoms.